The van der Waals surface area contributed by atoms with Gasteiger partial charge in [0.1, 0.15) is 0 Å². The molecule has 1 atom stereocenters. The average molecular weight is 374 g/mol. The molecule has 1 unspecified atom stereocenters. The quantitative estimate of drug-likeness (QED) is 0.201. The van der Waals surface area contributed by atoms with E-state index in [4.69, 9.17) is 5.73 Å². The molecule has 0 bridgehead atoms. The van der Waals surface area contributed by atoms with Gasteiger partial charge in [0.15, 0.2) is 0 Å². The van der Waals surface area contributed by atoms with Crippen molar-refractivity contribution >= 4 is 5.69 Å². The third kappa shape index (κ3) is 13.8. The maximum absolute atomic E-state index is 5.77. The third-order valence-corrected chi connectivity index (χ3v) is 6.00. The van der Waals surface area contributed by atoms with Crippen LogP contribution in [0.4, 0.5) is 5.69 Å². The SMILES string of the molecule is CCCCCCCCCCCCCCCCCCC(C)c1ccc(N)cc1. The summed E-state index contributed by atoms with van der Waals surface area (Å²) in [6.07, 6.45) is 24.4. The molecule has 0 amide bonds. The Morgan fingerprint density at radius 1 is 0.593 bits per heavy atom. The second-order valence-electron chi connectivity index (χ2n) is 8.66. The topological polar surface area (TPSA) is 26.0 Å². The molecule has 1 rings (SSSR count). The van der Waals surface area contributed by atoms with Gasteiger partial charge in [0.25, 0.3) is 0 Å². The largest absolute Gasteiger partial charge is 0.399 e. The minimum atomic E-state index is 0.664. The third-order valence-electron chi connectivity index (χ3n) is 6.00. The number of hydrogen-bond donors (Lipinski definition) is 1. The fourth-order valence-electron chi connectivity index (χ4n) is 3.99. The first-order valence-electron chi connectivity index (χ1n) is 12.1. The van der Waals surface area contributed by atoms with E-state index < -0.39 is 0 Å². The zero-order valence-corrected chi connectivity index (χ0v) is 18.5. The second-order valence-corrected chi connectivity index (χ2v) is 8.66. The highest BCUT2D eigenvalue weighted by molar-refractivity contribution is 5.40. The molecular formula is C26H47N. The van der Waals surface area contributed by atoms with Gasteiger partial charge in [-0.3, -0.25) is 0 Å². The van der Waals surface area contributed by atoms with Crippen LogP contribution in [-0.2, 0) is 0 Å². The van der Waals surface area contributed by atoms with Crippen molar-refractivity contribution in [1.82, 2.24) is 0 Å². The molecule has 1 aromatic rings. The van der Waals surface area contributed by atoms with Gasteiger partial charge < -0.3 is 5.73 Å². The molecule has 0 saturated carbocycles. The molecule has 2 N–H and O–H groups in total. The molecule has 1 heteroatoms. The lowest BCUT2D eigenvalue weighted by Gasteiger charge is -2.12. The molecule has 0 aliphatic rings. The molecule has 0 radical (unpaired) electrons. The van der Waals surface area contributed by atoms with Crippen molar-refractivity contribution < 1.29 is 0 Å². The van der Waals surface area contributed by atoms with Gasteiger partial charge in [-0.1, -0.05) is 129 Å². The predicted octanol–water partition coefficient (Wildman–Crippen LogP) is 9.02. The van der Waals surface area contributed by atoms with Gasteiger partial charge in [-0.25, -0.2) is 0 Å². The Morgan fingerprint density at radius 3 is 1.37 bits per heavy atom. The smallest absolute Gasteiger partial charge is 0.0314 e. The summed E-state index contributed by atoms with van der Waals surface area (Å²) in [5.41, 5.74) is 8.07. The fourth-order valence-corrected chi connectivity index (χ4v) is 3.99. The summed E-state index contributed by atoms with van der Waals surface area (Å²) in [4.78, 5) is 0. The maximum atomic E-state index is 5.77. The van der Waals surface area contributed by atoms with E-state index in [9.17, 15) is 0 Å². The first-order valence-corrected chi connectivity index (χ1v) is 12.1. The summed E-state index contributed by atoms with van der Waals surface area (Å²) >= 11 is 0. The minimum Gasteiger partial charge on any atom is -0.399 e. The van der Waals surface area contributed by atoms with Crippen LogP contribution in [-0.4, -0.2) is 0 Å². The Labute approximate surface area is 170 Å². The first kappa shape index (κ1) is 24.1. The molecule has 0 aliphatic carbocycles. The van der Waals surface area contributed by atoms with Gasteiger partial charge in [0.2, 0.25) is 0 Å². The van der Waals surface area contributed by atoms with E-state index in [0.717, 1.165) is 5.69 Å². The van der Waals surface area contributed by atoms with Gasteiger partial charge >= 0.3 is 0 Å². The van der Waals surface area contributed by atoms with Crippen LogP contribution in [0.3, 0.4) is 0 Å². The second kappa shape index (κ2) is 17.1. The van der Waals surface area contributed by atoms with Gasteiger partial charge in [-0.2, -0.15) is 0 Å². The summed E-state index contributed by atoms with van der Waals surface area (Å²) in [7, 11) is 0. The number of benzene rings is 1. The zero-order valence-electron chi connectivity index (χ0n) is 18.5. The van der Waals surface area contributed by atoms with E-state index in [0.29, 0.717) is 5.92 Å². The highest BCUT2D eigenvalue weighted by atomic mass is 14.5. The molecule has 1 nitrogen and oxygen atoms in total. The highest BCUT2D eigenvalue weighted by Gasteiger charge is 2.04. The molecule has 0 heterocycles. The molecule has 1 aromatic carbocycles. The van der Waals surface area contributed by atoms with Crippen molar-refractivity contribution in [1.29, 1.82) is 0 Å². The first-order chi connectivity index (χ1) is 13.2. The Balaban J connectivity index is 1.79. The lowest BCUT2D eigenvalue weighted by molar-refractivity contribution is 0.521. The van der Waals surface area contributed by atoms with Gasteiger partial charge in [0, 0.05) is 5.69 Å². The van der Waals surface area contributed by atoms with Crippen molar-refractivity contribution in [3.63, 3.8) is 0 Å². The van der Waals surface area contributed by atoms with E-state index in [-0.39, 0.29) is 0 Å². The zero-order chi connectivity index (χ0) is 19.6. The number of hydrogen-bond acceptors (Lipinski definition) is 1. The molecule has 0 spiro atoms. The lowest BCUT2D eigenvalue weighted by Crippen LogP contribution is -1.94. The minimum absolute atomic E-state index is 0.664. The average Bonchev–Trinajstić information content (AvgIpc) is 2.68. The molecule has 0 aromatic heterocycles. The highest BCUT2D eigenvalue weighted by Crippen LogP contribution is 2.23. The Kier molecular flexibility index (Phi) is 15.3. The van der Waals surface area contributed by atoms with Crippen LogP contribution < -0.4 is 5.73 Å². The van der Waals surface area contributed by atoms with Crippen molar-refractivity contribution in [2.45, 2.75) is 129 Å². The van der Waals surface area contributed by atoms with E-state index >= 15 is 0 Å². The van der Waals surface area contributed by atoms with Crippen LogP contribution in [0.5, 0.6) is 0 Å². The molecule has 156 valence electrons. The van der Waals surface area contributed by atoms with Gasteiger partial charge in [-0.05, 0) is 30.0 Å². The Morgan fingerprint density at radius 2 is 0.963 bits per heavy atom. The van der Waals surface area contributed by atoms with Crippen LogP contribution in [0.2, 0.25) is 0 Å². The van der Waals surface area contributed by atoms with E-state index in [2.05, 4.69) is 26.0 Å². The Bertz CT molecular complexity index is 422. The van der Waals surface area contributed by atoms with Crippen molar-refractivity contribution in [3.05, 3.63) is 29.8 Å². The number of nitrogen functional groups attached to an aromatic ring is 1. The van der Waals surface area contributed by atoms with Crippen LogP contribution in [0.15, 0.2) is 24.3 Å². The van der Waals surface area contributed by atoms with E-state index in [1.807, 2.05) is 12.1 Å². The fraction of sp³-hybridized carbons (Fsp3) is 0.769. The summed E-state index contributed by atoms with van der Waals surface area (Å²) in [5.74, 6) is 0.664. The molecular weight excluding hydrogens is 326 g/mol. The van der Waals surface area contributed by atoms with Crippen LogP contribution in [0, 0.1) is 0 Å². The van der Waals surface area contributed by atoms with Crippen molar-refractivity contribution in [2.24, 2.45) is 0 Å². The number of rotatable bonds is 18. The van der Waals surface area contributed by atoms with Crippen molar-refractivity contribution in [2.75, 3.05) is 5.73 Å². The summed E-state index contributed by atoms with van der Waals surface area (Å²) < 4.78 is 0. The summed E-state index contributed by atoms with van der Waals surface area (Å²) in [6.45, 7) is 4.64. The van der Waals surface area contributed by atoms with Gasteiger partial charge in [-0.15, -0.1) is 0 Å². The monoisotopic (exact) mass is 373 g/mol. The normalized spacial score (nSPS) is 12.4. The molecule has 27 heavy (non-hydrogen) atoms. The number of unbranched alkanes of at least 4 members (excludes halogenated alkanes) is 15. The van der Waals surface area contributed by atoms with Crippen LogP contribution in [0.25, 0.3) is 0 Å². The molecule has 0 aliphatic heterocycles. The van der Waals surface area contributed by atoms with Crippen LogP contribution >= 0.6 is 0 Å². The Hall–Kier alpha value is -0.980. The molecule has 0 saturated heterocycles. The molecule has 0 fully saturated rings. The maximum Gasteiger partial charge on any atom is 0.0314 e. The predicted molar refractivity (Wildman–Crippen MR) is 123 cm³/mol. The summed E-state index contributed by atoms with van der Waals surface area (Å²) in [6, 6.07) is 8.43. The van der Waals surface area contributed by atoms with Gasteiger partial charge in [0.05, 0.1) is 0 Å². The standard InChI is InChI=1S/C26H47N/c1-3-4-5-6-7-8-9-10-11-12-13-14-15-16-17-18-19-24(2)25-20-22-26(27)23-21-25/h20-24H,3-19,27H2,1-2H3. The summed E-state index contributed by atoms with van der Waals surface area (Å²) in [5, 5.41) is 0. The lowest BCUT2D eigenvalue weighted by atomic mass is 9.94. The van der Waals surface area contributed by atoms with Crippen molar-refractivity contribution in [3.8, 4) is 0 Å². The number of nitrogens with two attached hydrogens (primary N) is 1. The van der Waals surface area contributed by atoms with E-state index in [1.54, 1.807) is 0 Å². The number of anilines is 1. The van der Waals surface area contributed by atoms with Crippen LogP contribution in [0.1, 0.15) is 134 Å². The van der Waals surface area contributed by atoms with E-state index in [1.165, 1.54) is 115 Å².